The first-order chi connectivity index (χ1) is 6.68. The van der Waals surface area contributed by atoms with Crippen molar-refractivity contribution in [2.24, 2.45) is 5.92 Å². The van der Waals surface area contributed by atoms with Gasteiger partial charge in [0.05, 0.1) is 5.69 Å². The molecule has 0 heterocycles. The van der Waals surface area contributed by atoms with Crippen molar-refractivity contribution >= 4 is 37.5 Å². The molecule has 0 radical (unpaired) electrons. The van der Waals surface area contributed by atoms with Gasteiger partial charge in [-0.2, -0.15) is 0 Å². The molecule has 0 saturated heterocycles. The van der Waals surface area contributed by atoms with Crippen molar-refractivity contribution in [1.82, 2.24) is 0 Å². The van der Waals surface area contributed by atoms with Crippen LogP contribution in [0.15, 0.2) is 27.1 Å². The summed E-state index contributed by atoms with van der Waals surface area (Å²) in [5.74, 6) is 0.800. The van der Waals surface area contributed by atoms with Crippen LogP contribution in [0.2, 0.25) is 0 Å². The van der Waals surface area contributed by atoms with Crippen LogP contribution in [0.25, 0.3) is 0 Å². The van der Waals surface area contributed by atoms with Gasteiger partial charge < -0.3 is 5.32 Å². The van der Waals surface area contributed by atoms with E-state index in [1.165, 1.54) is 18.5 Å². The minimum Gasteiger partial charge on any atom is -0.380 e. The fraction of sp³-hybridized carbons (Fsp3) is 0.455. The topological polar surface area (TPSA) is 12.0 Å². The SMILES string of the molecule is CC1CCC1Nc1c(Br)cccc1Br. The standard InChI is InChI=1S/C11H13Br2N/c1-7-5-6-10(7)14-11-8(12)3-2-4-9(11)13/h2-4,7,10,14H,5-6H2,1H3. The van der Waals surface area contributed by atoms with Gasteiger partial charge in [0, 0.05) is 15.0 Å². The molecule has 1 fully saturated rings. The molecule has 1 aliphatic rings. The van der Waals surface area contributed by atoms with E-state index in [9.17, 15) is 0 Å². The molecule has 3 heteroatoms. The summed E-state index contributed by atoms with van der Waals surface area (Å²) in [7, 11) is 0. The van der Waals surface area contributed by atoms with Crippen LogP contribution in [0.5, 0.6) is 0 Å². The number of anilines is 1. The third kappa shape index (κ3) is 1.98. The molecular formula is C11H13Br2N. The molecule has 0 aliphatic heterocycles. The number of benzene rings is 1. The Bertz CT molecular complexity index is 318. The number of nitrogens with one attached hydrogen (secondary N) is 1. The van der Waals surface area contributed by atoms with Gasteiger partial charge in [-0.05, 0) is 62.8 Å². The van der Waals surface area contributed by atoms with Crippen molar-refractivity contribution in [3.05, 3.63) is 27.1 Å². The minimum atomic E-state index is 0.644. The molecule has 1 nitrogen and oxygen atoms in total. The van der Waals surface area contributed by atoms with E-state index >= 15 is 0 Å². The van der Waals surface area contributed by atoms with E-state index < -0.39 is 0 Å². The third-order valence-electron chi connectivity index (χ3n) is 2.91. The van der Waals surface area contributed by atoms with E-state index in [0.717, 1.165) is 14.9 Å². The first-order valence-corrected chi connectivity index (χ1v) is 6.47. The molecular weight excluding hydrogens is 306 g/mol. The van der Waals surface area contributed by atoms with Crippen LogP contribution < -0.4 is 5.32 Å². The lowest BCUT2D eigenvalue weighted by molar-refractivity contribution is 0.303. The number of para-hydroxylation sites is 1. The summed E-state index contributed by atoms with van der Waals surface area (Å²) in [6.07, 6.45) is 2.63. The highest BCUT2D eigenvalue weighted by molar-refractivity contribution is 9.11. The van der Waals surface area contributed by atoms with Crippen molar-refractivity contribution in [2.75, 3.05) is 5.32 Å². The molecule has 2 atom stereocenters. The minimum absolute atomic E-state index is 0.644. The fourth-order valence-electron chi connectivity index (χ4n) is 1.70. The van der Waals surface area contributed by atoms with Crippen LogP contribution >= 0.6 is 31.9 Å². The van der Waals surface area contributed by atoms with E-state index in [1.807, 2.05) is 6.07 Å². The summed E-state index contributed by atoms with van der Waals surface area (Å²) in [5, 5.41) is 3.57. The normalized spacial score (nSPS) is 25.6. The Kier molecular flexibility index (Phi) is 3.17. The fourth-order valence-corrected chi connectivity index (χ4v) is 2.93. The molecule has 2 unspecified atom stereocenters. The van der Waals surface area contributed by atoms with Gasteiger partial charge in [-0.15, -0.1) is 0 Å². The third-order valence-corrected chi connectivity index (χ3v) is 4.23. The Hall–Kier alpha value is -0.0200. The van der Waals surface area contributed by atoms with Crippen molar-refractivity contribution in [3.8, 4) is 0 Å². The van der Waals surface area contributed by atoms with Gasteiger partial charge in [-0.25, -0.2) is 0 Å². The maximum absolute atomic E-state index is 3.57. The lowest BCUT2D eigenvalue weighted by Gasteiger charge is -2.35. The van der Waals surface area contributed by atoms with Gasteiger partial charge in [0.15, 0.2) is 0 Å². The molecule has 2 rings (SSSR count). The van der Waals surface area contributed by atoms with E-state index in [1.54, 1.807) is 0 Å². The highest BCUT2D eigenvalue weighted by Gasteiger charge is 2.27. The summed E-state index contributed by atoms with van der Waals surface area (Å²) in [6, 6.07) is 6.81. The maximum Gasteiger partial charge on any atom is 0.0631 e. The predicted octanol–water partition coefficient (Wildman–Crippen LogP) is 4.42. The van der Waals surface area contributed by atoms with E-state index in [4.69, 9.17) is 0 Å². The molecule has 14 heavy (non-hydrogen) atoms. The number of hydrogen-bond acceptors (Lipinski definition) is 1. The van der Waals surface area contributed by atoms with Gasteiger partial charge in [0.1, 0.15) is 0 Å². The van der Waals surface area contributed by atoms with Crippen molar-refractivity contribution in [1.29, 1.82) is 0 Å². The van der Waals surface area contributed by atoms with Crippen molar-refractivity contribution in [2.45, 2.75) is 25.8 Å². The van der Waals surface area contributed by atoms with Crippen LogP contribution in [0.3, 0.4) is 0 Å². The first kappa shape index (κ1) is 10.5. The molecule has 0 bridgehead atoms. The van der Waals surface area contributed by atoms with E-state index in [0.29, 0.717) is 6.04 Å². The largest absolute Gasteiger partial charge is 0.380 e. The highest BCUT2D eigenvalue weighted by Crippen LogP contribution is 2.36. The van der Waals surface area contributed by atoms with Gasteiger partial charge in [-0.3, -0.25) is 0 Å². The monoisotopic (exact) mass is 317 g/mol. The van der Waals surface area contributed by atoms with Crippen LogP contribution in [-0.2, 0) is 0 Å². The zero-order valence-corrected chi connectivity index (χ0v) is 11.2. The Morgan fingerprint density at radius 2 is 1.86 bits per heavy atom. The Balaban J connectivity index is 2.15. The van der Waals surface area contributed by atoms with Gasteiger partial charge in [0.25, 0.3) is 0 Å². The molecule has 0 spiro atoms. The molecule has 1 saturated carbocycles. The average Bonchev–Trinajstić information content (AvgIpc) is 2.15. The summed E-state index contributed by atoms with van der Waals surface area (Å²) in [5.41, 5.74) is 1.18. The van der Waals surface area contributed by atoms with Gasteiger partial charge in [-0.1, -0.05) is 13.0 Å². The average molecular weight is 319 g/mol. The van der Waals surface area contributed by atoms with Crippen LogP contribution in [-0.4, -0.2) is 6.04 Å². The highest BCUT2D eigenvalue weighted by atomic mass is 79.9. The van der Waals surface area contributed by atoms with Crippen LogP contribution in [0, 0.1) is 5.92 Å². The van der Waals surface area contributed by atoms with E-state index in [2.05, 4.69) is 56.2 Å². The lowest BCUT2D eigenvalue weighted by Crippen LogP contribution is -2.36. The second-order valence-electron chi connectivity index (χ2n) is 3.90. The second-order valence-corrected chi connectivity index (χ2v) is 5.61. The lowest BCUT2D eigenvalue weighted by atomic mass is 9.81. The number of hydrogen-bond donors (Lipinski definition) is 1. The molecule has 1 N–H and O–H groups in total. The smallest absolute Gasteiger partial charge is 0.0631 e. The Morgan fingerprint density at radius 1 is 1.21 bits per heavy atom. The summed E-state index contributed by atoms with van der Waals surface area (Å²) >= 11 is 7.11. The Labute approximate surface area is 102 Å². The number of rotatable bonds is 2. The molecule has 1 aliphatic carbocycles. The molecule has 0 amide bonds. The summed E-state index contributed by atoms with van der Waals surface area (Å²) < 4.78 is 2.26. The van der Waals surface area contributed by atoms with Crippen molar-refractivity contribution in [3.63, 3.8) is 0 Å². The maximum atomic E-state index is 3.57. The summed E-state index contributed by atoms with van der Waals surface area (Å²) in [4.78, 5) is 0. The molecule has 76 valence electrons. The molecule has 0 aromatic heterocycles. The van der Waals surface area contributed by atoms with Crippen LogP contribution in [0.1, 0.15) is 19.8 Å². The van der Waals surface area contributed by atoms with Crippen LogP contribution in [0.4, 0.5) is 5.69 Å². The zero-order chi connectivity index (χ0) is 10.1. The van der Waals surface area contributed by atoms with Crippen molar-refractivity contribution < 1.29 is 0 Å². The predicted molar refractivity (Wildman–Crippen MR) is 67.7 cm³/mol. The number of halogens is 2. The molecule has 1 aromatic carbocycles. The van der Waals surface area contributed by atoms with E-state index in [-0.39, 0.29) is 0 Å². The quantitative estimate of drug-likeness (QED) is 0.851. The molecule has 1 aromatic rings. The Morgan fingerprint density at radius 3 is 2.29 bits per heavy atom. The van der Waals surface area contributed by atoms with Gasteiger partial charge >= 0.3 is 0 Å². The zero-order valence-electron chi connectivity index (χ0n) is 8.06. The summed E-state index contributed by atoms with van der Waals surface area (Å²) in [6.45, 7) is 2.30. The first-order valence-electron chi connectivity index (χ1n) is 4.89. The van der Waals surface area contributed by atoms with Gasteiger partial charge in [0.2, 0.25) is 0 Å². The second kappa shape index (κ2) is 4.23.